The van der Waals surface area contributed by atoms with Crippen molar-refractivity contribution in [2.45, 2.75) is 20.8 Å². The molecule has 5 nitrogen and oxygen atoms in total. The third kappa shape index (κ3) is 9.04. The van der Waals surface area contributed by atoms with Crippen LogP contribution in [0.5, 0.6) is 0 Å². The molecular weight excluding hydrogens is 318 g/mol. The number of anilines is 3. The van der Waals surface area contributed by atoms with E-state index in [2.05, 4.69) is 27.5 Å². The van der Waals surface area contributed by atoms with Gasteiger partial charge in [0, 0.05) is 10.2 Å². The number of hydrogen-bond donors (Lipinski definition) is 4. The number of hydrogen-bond acceptors (Lipinski definition) is 5. The van der Waals surface area contributed by atoms with Crippen molar-refractivity contribution in [3.05, 3.63) is 47.1 Å². The molecule has 0 aliphatic heterocycles. The molecule has 0 saturated carbocycles. The summed E-state index contributed by atoms with van der Waals surface area (Å²) >= 11 is 3.17. The van der Waals surface area contributed by atoms with Crippen LogP contribution in [-0.2, 0) is 0 Å². The van der Waals surface area contributed by atoms with E-state index < -0.39 is 0 Å². The van der Waals surface area contributed by atoms with Crippen LogP contribution in [0.25, 0.3) is 0 Å². The van der Waals surface area contributed by atoms with Gasteiger partial charge < -0.3 is 22.9 Å². The Kier molecular flexibility index (Phi) is 12.3. The van der Waals surface area contributed by atoms with Gasteiger partial charge in [0.25, 0.3) is 0 Å². The molecule has 0 unspecified atom stereocenters. The van der Waals surface area contributed by atoms with E-state index in [1.54, 1.807) is 18.2 Å². The number of nitrogens with zero attached hydrogens (tertiary/aromatic N) is 1. The van der Waals surface area contributed by atoms with Crippen LogP contribution in [0.1, 0.15) is 20.8 Å². The van der Waals surface area contributed by atoms with E-state index in [-0.39, 0.29) is 5.82 Å². The first-order valence-corrected chi connectivity index (χ1v) is 6.89. The zero-order chi connectivity index (χ0) is 16.1. The number of nitrogen functional groups attached to an aromatic ring is 3. The molecule has 8 N–H and O–H groups in total. The first-order chi connectivity index (χ1) is 9.42. The van der Waals surface area contributed by atoms with Gasteiger partial charge in [-0.25, -0.2) is 4.98 Å². The van der Waals surface area contributed by atoms with Crippen molar-refractivity contribution in [2.24, 2.45) is 5.73 Å². The Balaban J connectivity index is 0. The fraction of sp³-hybridized carbons (Fsp3) is 0.214. The predicted octanol–water partition coefficient (Wildman–Crippen LogP) is 3.21. The molecule has 0 bridgehead atoms. The van der Waals surface area contributed by atoms with Crippen molar-refractivity contribution in [2.75, 3.05) is 17.2 Å². The van der Waals surface area contributed by atoms with E-state index in [1.165, 1.54) is 0 Å². The average molecular weight is 342 g/mol. The van der Waals surface area contributed by atoms with Gasteiger partial charge in [0.05, 0.1) is 5.69 Å². The molecule has 0 radical (unpaired) electrons. The van der Waals surface area contributed by atoms with Crippen molar-refractivity contribution in [3.63, 3.8) is 0 Å². The Labute approximate surface area is 129 Å². The van der Waals surface area contributed by atoms with E-state index in [1.807, 2.05) is 32.9 Å². The predicted molar refractivity (Wildman–Crippen MR) is 93.8 cm³/mol. The van der Waals surface area contributed by atoms with Gasteiger partial charge in [-0.15, -0.1) is 0 Å². The maximum absolute atomic E-state index is 5.46. The number of aromatic nitrogens is 1. The Morgan fingerprint density at radius 2 is 1.85 bits per heavy atom. The van der Waals surface area contributed by atoms with E-state index in [0.29, 0.717) is 16.0 Å². The molecule has 1 heterocycles. The minimum absolute atomic E-state index is 0.256. The smallest absolute Gasteiger partial charge is 0.150 e. The summed E-state index contributed by atoms with van der Waals surface area (Å²) in [5.41, 5.74) is 22.7. The summed E-state index contributed by atoms with van der Waals surface area (Å²) in [5.74, 6) is 0.616. The van der Waals surface area contributed by atoms with E-state index in [9.17, 15) is 0 Å². The SMILES string of the molecule is C=C/C=C(N)\C=C/C.CC.Nc1cc(Br)c(N)c(N)n1. The van der Waals surface area contributed by atoms with Crippen LogP contribution >= 0.6 is 15.9 Å². The van der Waals surface area contributed by atoms with Crippen LogP contribution in [0.3, 0.4) is 0 Å². The van der Waals surface area contributed by atoms with Gasteiger partial charge in [0.15, 0.2) is 0 Å². The van der Waals surface area contributed by atoms with Gasteiger partial charge in [-0.1, -0.05) is 32.6 Å². The molecule has 112 valence electrons. The van der Waals surface area contributed by atoms with E-state index >= 15 is 0 Å². The van der Waals surface area contributed by atoms with Gasteiger partial charge in [-0.3, -0.25) is 0 Å². The minimum atomic E-state index is 0.256. The minimum Gasteiger partial charge on any atom is -0.399 e. The Morgan fingerprint density at radius 1 is 1.30 bits per heavy atom. The lowest BCUT2D eigenvalue weighted by Crippen LogP contribution is -2.01. The molecule has 0 aliphatic carbocycles. The highest BCUT2D eigenvalue weighted by Crippen LogP contribution is 2.25. The lowest BCUT2D eigenvalue weighted by atomic mass is 10.4. The van der Waals surface area contributed by atoms with Crippen molar-refractivity contribution in [1.29, 1.82) is 0 Å². The van der Waals surface area contributed by atoms with Gasteiger partial charge in [-0.2, -0.15) is 0 Å². The summed E-state index contributed by atoms with van der Waals surface area (Å²) in [6, 6.07) is 1.60. The molecule has 20 heavy (non-hydrogen) atoms. The number of allylic oxidation sites excluding steroid dienone is 4. The van der Waals surface area contributed by atoms with Gasteiger partial charge in [0.2, 0.25) is 0 Å². The first kappa shape index (κ1) is 20.4. The zero-order valence-electron chi connectivity index (χ0n) is 12.2. The van der Waals surface area contributed by atoms with Crippen LogP contribution in [0.2, 0.25) is 0 Å². The quantitative estimate of drug-likeness (QED) is 0.616. The topological polar surface area (TPSA) is 117 Å². The highest BCUT2D eigenvalue weighted by Gasteiger charge is 2.01. The standard InChI is InChI=1S/C7H11N.C5H7BrN4.C2H6/c1-3-5-7(8)6-4-2;6-2-1-3(7)10-5(9)4(2)8;1-2/h3-6H,1,8H2,2H3;1H,8H2,(H4,7,9,10);1-2H3/b6-4-,7-5+;;. The van der Waals surface area contributed by atoms with Crippen molar-refractivity contribution in [3.8, 4) is 0 Å². The van der Waals surface area contributed by atoms with E-state index in [0.717, 1.165) is 5.70 Å². The highest BCUT2D eigenvalue weighted by atomic mass is 79.9. The molecule has 1 rings (SSSR count). The number of rotatable bonds is 2. The summed E-state index contributed by atoms with van der Waals surface area (Å²) in [6.07, 6.45) is 7.12. The Morgan fingerprint density at radius 3 is 2.25 bits per heavy atom. The molecule has 0 aliphatic rings. The van der Waals surface area contributed by atoms with Crippen LogP contribution in [0.15, 0.2) is 47.1 Å². The Bertz CT molecular complexity index is 444. The third-order valence-corrected chi connectivity index (χ3v) is 2.38. The van der Waals surface area contributed by atoms with Gasteiger partial charge in [-0.05, 0) is 41.1 Å². The molecule has 6 heteroatoms. The van der Waals surface area contributed by atoms with Crippen LogP contribution in [0.4, 0.5) is 17.3 Å². The monoisotopic (exact) mass is 341 g/mol. The molecule has 0 atom stereocenters. The maximum atomic E-state index is 5.46. The summed E-state index contributed by atoms with van der Waals surface area (Å²) in [5, 5.41) is 0. The second kappa shape index (κ2) is 12.1. The highest BCUT2D eigenvalue weighted by molar-refractivity contribution is 9.10. The fourth-order valence-corrected chi connectivity index (χ4v) is 1.38. The molecule has 0 amide bonds. The number of pyridine rings is 1. The van der Waals surface area contributed by atoms with Crippen molar-refractivity contribution < 1.29 is 0 Å². The molecule has 0 aromatic carbocycles. The van der Waals surface area contributed by atoms with Gasteiger partial charge >= 0.3 is 0 Å². The normalized spacial score (nSPS) is 10.1. The average Bonchev–Trinajstić information content (AvgIpc) is 2.39. The summed E-state index contributed by atoms with van der Waals surface area (Å²) in [7, 11) is 0. The van der Waals surface area contributed by atoms with E-state index in [4.69, 9.17) is 22.9 Å². The third-order valence-electron chi connectivity index (χ3n) is 1.73. The maximum Gasteiger partial charge on any atom is 0.150 e. The zero-order valence-corrected chi connectivity index (χ0v) is 13.8. The second-order valence-electron chi connectivity index (χ2n) is 3.23. The van der Waals surface area contributed by atoms with Crippen LogP contribution in [0, 0.1) is 0 Å². The van der Waals surface area contributed by atoms with Crippen LogP contribution in [-0.4, -0.2) is 4.98 Å². The molecule has 1 aromatic rings. The largest absolute Gasteiger partial charge is 0.399 e. The first-order valence-electron chi connectivity index (χ1n) is 6.10. The summed E-state index contributed by atoms with van der Waals surface area (Å²) in [4.78, 5) is 3.73. The fourth-order valence-electron chi connectivity index (χ4n) is 0.946. The number of nitrogens with two attached hydrogens (primary N) is 4. The van der Waals surface area contributed by atoms with Crippen LogP contribution < -0.4 is 22.9 Å². The molecule has 0 fully saturated rings. The molecular formula is C14H24BrN5. The molecule has 0 saturated heterocycles. The van der Waals surface area contributed by atoms with Gasteiger partial charge in [0.1, 0.15) is 11.6 Å². The molecule has 1 aromatic heterocycles. The summed E-state index contributed by atoms with van der Waals surface area (Å²) in [6.45, 7) is 9.41. The molecule has 0 spiro atoms. The second-order valence-corrected chi connectivity index (χ2v) is 4.08. The van der Waals surface area contributed by atoms with Crippen molar-refractivity contribution >= 4 is 33.3 Å². The lowest BCUT2D eigenvalue weighted by molar-refractivity contribution is 1.33. The lowest BCUT2D eigenvalue weighted by Gasteiger charge is -2.01. The van der Waals surface area contributed by atoms with Crippen molar-refractivity contribution in [1.82, 2.24) is 4.98 Å². The Hall–Kier alpha value is -1.95. The number of halogens is 1. The summed E-state index contributed by atoms with van der Waals surface area (Å²) < 4.78 is 0.678.